The van der Waals surface area contributed by atoms with Gasteiger partial charge in [0.15, 0.2) is 5.16 Å². The second-order valence-electron chi connectivity index (χ2n) is 5.10. The molecule has 0 aliphatic heterocycles. The Morgan fingerprint density at radius 2 is 1.84 bits per heavy atom. The molecule has 0 radical (unpaired) electrons. The highest BCUT2D eigenvalue weighted by molar-refractivity contribution is 7.99. The van der Waals surface area contributed by atoms with Crippen molar-refractivity contribution in [2.45, 2.75) is 15.1 Å². The number of nitrogens with zero attached hydrogens (tertiary/aromatic N) is 4. The van der Waals surface area contributed by atoms with Gasteiger partial charge < -0.3 is 4.98 Å². The molecule has 8 heteroatoms. The van der Waals surface area contributed by atoms with Gasteiger partial charge >= 0.3 is 0 Å². The predicted molar refractivity (Wildman–Crippen MR) is 102 cm³/mol. The van der Waals surface area contributed by atoms with E-state index in [-0.39, 0.29) is 0 Å². The van der Waals surface area contributed by atoms with Crippen molar-refractivity contribution in [1.82, 2.24) is 24.9 Å². The van der Waals surface area contributed by atoms with Gasteiger partial charge in [-0.3, -0.25) is 0 Å². The first-order valence-corrected chi connectivity index (χ1v) is 9.79. The van der Waals surface area contributed by atoms with Crippen molar-refractivity contribution in [3.63, 3.8) is 0 Å². The molecule has 25 heavy (non-hydrogen) atoms. The van der Waals surface area contributed by atoms with Crippen LogP contribution < -0.4 is 0 Å². The maximum atomic E-state index is 5.94. The molecular weight excluding hydrogens is 374 g/mol. The van der Waals surface area contributed by atoms with E-state index in [1.165, 1.54) is 11.8 Å². The first kappa shape index (κ1) is 16.4. The first-order chi connectivity index (χ1) is 12.2. The van der Waals surface area contributed by atoms with Crippen molar-refractivity contribution < 1.29 is 0 Å². The molecule has 0 unspecified atom stereocenters. The van der Waals surface area contributed by atoms with E-state index in [2.05, 4.69) is 24.9 Å². The van der Waals surface area contributed by atoms with Gasteiger partial charge in [0.1, 0.15) is 10.7 Å². The summed E-state index contributed by atoms with van der Waals surface area (Å²) in [5, 5.41) is 3.25. The van der Waals surface area contributed by atoms with Crippen molar-refractivity contribution in [3.8, 4) is 11.3 Å². The maximum Gasteiger partial charge on any atom is 0.187 e. The lowest BCUT2D eigenvalue weighted by atomic mass is 10.2. The average Bonchev–Trinajstić information content (AvgIpc) is 3.02. The summed E-state index contributed by atoms with van der Waals surface area (Å²) in [6.07, 6.45) is 9.01. The zero-order valence-electron chi connectivity index (χ0n) is 13.1. The lowest BCUT2D eigenvalue weighted by Gasteiger charge is -2.05. The number of hydrogen-bond donors (Lipinski definition) is 1. The lowest BCUT2D eigenvalue weighted by molar-refractivity contribution is 0.970. The van der Waals surface area contributed by atoms with Gasteiger partial charge in [0.05, 0.1) is 10.7 Å². The van der Waals surface area contributed by atoms with Gasteiger partial charge in [-0.25, -0.2) is 19.9 Å². The molecule has 0 spiro atoms. The van der Waals surface area contributed by atoms with Crippen LogP contribution in [0.4, 0.5) is 0 Å². The number of H-pyrrole nitrogens is 1. The van der Waals surface area contributed by atoms with E-state index in [1.54, 1.807) is 24.2 Å². The maximum absolute atomic E-state index is 5.94. The molecule has 124 valence electrons. The number of fused-ring (bicyclic) bond motifs is 1. The molecule has 0 fully saturated rings. The highest BCUT2D eigenvalue weighted by Crippen LogP contribution is 2.39. The van der Waals surface area contributed by atoms with E-state index < -0.39 is 0 Å². The van der Waals surface area contributed by atoms with Gasteiger partial charge in [-0.15, -0.1) is 0 Å². The Morgan fingerprint density at radius 3 is 2.56 bits per heavy atom. The molecule has 0 bridgehead atoms. The highest BCUT2D eigenvalue weighted by atomic mass is 35.5. The molecule has 0 aliphatic carbocycles. The largest absolute Gasteiger partial charge is 0.338 e. The van der Waals surface area contributed by atoms with Crippen molar-refractivity contribution in [1.29, 1.82) is 0 Å². The van der Waals surface area contributed by atoms with Crippen LogP contribution in [0.25, 0.3) is 22.3 Å². The topological polar surface area (TPSA) is 67.3 Å². The fourth-order valence-electron chi connectivity index (χ4n) is 2.39. The predicted octanol–water partition coefficient (Wildman–Crippen LogP) is 4.94. The van der Waals surface area contributed by atoms with Crippen LogP contribution in [0, 0.1) is 0 Å². The third kappa shape index (κ3) is 3.35. The van der Waals surface area contributed by atoms with Crippen molar-refractivity contribution in [2.24, 2.45) is 0 Å². The quantitative estimate of drug-likeness (QED) is 0.396. The monoisotopic (exact) mass is 385 g/mol. The highest BCUT2D eigenvalue weighted by Gasteiger charge is 2.16. The van der Waals surface area contributed by atoms with Crippen LogP contribution >= 0.6 is 35.1 Å². The van der Waals surface area contributed by atoms with E-state index in [4.69, 9.17) is 11.6 Å². The Labute approximate surface area is 157 Å². The number of nitrogens with one attached hydrogen (secondary N) is 1. The lowest BCUT2D eigenvalue weighted by Crippen LogP contribution is -1.88. The molecule has 0 atom stereocenters. The van der Waals surface area contributed by atoms with Crippen LogP contribution in [-0.2, 0) is 0 Å². The molecule has 0 saturated heterocycles. The minimum Gasteiger partial charge on any atom is -0.338 e. The third-order valence-electron chi connectivity index (χ3n) is 3.53. The molecule has 1 N–H and O–H groups in total. The van der Waals surface area contributed by atoms with Crippen LogP contribution in [-0.4, -0.2) is 31.2 Å². The zero-order chi connectivity index (χ0) is 17.2. The summed E-state index contributed by atoms with van der Waals surface area (Å²) in [5.41, 5.74) is 2.67. The Bertz CT molecular complexity index is 1020. The van der Waals surface area contributed by atoms with Crippen LogP contribution in [0.3, 0.4) is 0 Å². The zero-order valence-corrected chi connectivity index (χ0v) is 15.5. The number of thioether (sulfide) groups is 1. The Balaban J connectivity index is 1.83. The van der Waals surface area contributed by atoms with Crippen LogP contribution in [0.2, 0.25) is 5.02 Å². The van der Waals surface area contributed by atoms with Crippen LogP contribution in [0.5, 0.6) is 0 Å². The summed E-state index contributed by atoms with van der Waals surface area (Å²) < 4.78 is 0. The second kappa shape index (κ2) is 7.03. The van der Waals surface area contributed by atoms with Crippen LogP contribution in [0.1, 0.15) is 0 Å². The van der Waals surface area contributed by atoms with E-state index in [1.807, 2.05) is 42.9 Å². The van der Waals surface area contributed by atoms with Crippen molar-refractivity contribution >= 4 is 46.2 Å². The van der Waals surface area contributed by atoms with Gasteiger partial charge in [0, 0.05) is 40.6 Å². The number of pyridine rings is 2. The molecule has 5 nitrogen and oxygen atoms in total. The van der Waals surface area contributed by atoms with Gasteiger partial charge in [-0.05, 0) is 30.5 Å². The second-order valence-corrected chi connectivity index (χ2v) is 7.34. The molecule has 0 aliphatic rings. The Kier molecular flexibility index (Phi) is 4.61. The van der Waals surface area contributed by atoms with Gasteiger partial charge in [-0.1, -0.05) is 35.1 Å². The number of aromatic amines is 1. The Morgan fingerprint density at radius 1 is 1.00 bits per heavy atom. The summed E-state index contributed by atoms with van der Waals surface area (Å²) in [6.45, 7) is 0. The number of hydrogen-bond acceptors (Lipinski definition) is 6. The molecule has 4 aromatic rings. The van der Waals surface area contributed by atoms with E-state index >= 15 is 0 Å². The van der Waals surface area contributed by atoms with E-state index in [0.717, 1.165) is 37.4 Å². The van der Waals surface area contributed by atoms with Crippen LogP contribution in [0.15, 0.2) is 64.1 Å². The minimum atomic E-state index is 0.617. The van der Waals surface area contributed by atoms with Crippen molar-refractivity contribution in [3.05, 3.63) is 54.1 Å². The van der Waals surface area contributed by atoms with E-state index in [0.29, 0.717) is 5.02 Å². The summed E-state index contributed by atoms with van der Waals surface area (Å²) >= 11 is 9.01. The fraction of sp³-hybridized carbons (Fsp3) is 0.0588. The van der Waals surface area contributed by atoms with Gasteiger partial charge in [0.25, 0.3) is 0 Å². The SMILES string of the molecule is CSc1ncc(-c2[nH]c3ncccc3c2Sc2ccc(Cl)cn2)cn1. The molecule has 4 aromatic heterocycles. The summed E-state index contributed by atoms with van der Waals surface area (Å²) in [4.78, 5) is 22.0. The molecule has 0 saturated carbocycles. The third-order valence-corrected chi connectivity index (χ3v) is 5.41. The molecule has 4 rings (SSSR count). The Hall–Kier alpha value is -2.09. The van der Waals surface area contributed by atoms with Gasteiger partial charge in [0.2, 0.25) is 0 Å². The summed E-state index contributed by atoms with van der Waals surface area (Å²) in [7, 11) is 0. The minimum absolute atomic E-state index is 0.617. The first-order valence-electron chi connectivity index (χ1n) is 7.37. The standard InChI is InChI=1S/C17H12ClN5S2/c1-24-17-21-7-10(8-22-17)14-15(12-3-2-6-19-16(12)23-14)25-13-5-4-11(18)9-20-13/h2-9H,1H3,(H,19,23). The molecule has 0 amide bonds. The smallest absolute Gasteiger partial charge is 0.187 e. The molecule has 0 aromatic carbocycles. The fourth-order valence-corrected chi connectivity index (χ4v) is 3.81. The number of halogens is 1. The molecule has 4 heterocycles. The molecular formula is C17H12ClN5S2. The summed E-state index contributed by atoms with van der Waals surface area (Å²) in [5.74, 6) is 0. The van der Waals surface area contributed by atoms with E-state index in [9.17, 15) is 0 Å². The number of rotatable bonds is 4. The average molecular weight is 386 g/mol. The van der Waals surface area contributed by atoms with Gasteiger partial charge in [-0.2, -0.15) is 0 Å². The van der Waals surface area contributed by atoms with Crippen molar-refractivity contribution in [2.75, 3.05) is 6.26 Å². The number of aromatic nitrogens is 5. The summed E-state index contributed by atoms with van der Waals surface area (Å²) in [6, 6.07) is 7.70. The normalized spacial score (nSPS) is 11.1.